The van der Waals surface area contributed by atoms with Crippen LogP contribution in [0.2, 0.25) is 0 Å². The lowest BCUT2D eigenvalue weighted by Gasteiger charge is -2.35. The number of allylic oxidation sites excluding steroid dienone is 22. The topological polar surface area (TPSA) is 20.2 Å². The van der Waals surface area contributed by atoms with Gasteiger partial charge in [0, 0.05) is 5.92 Å². The van der Waals surface area contributed by atoms with E-state index in [9.17, 15) is 5.11 Å². The van der Waals surface area contributed by atoms with E-state index in [1.165, 1.54) is 39.0 Å². The quantitative estimate of drug-likeness (QED) is 0.268. The molecule has 1 N–H and O–H groups in total. The van der Waals surface area contributed by atoms with Crippen LogP contribution in [0.4, 0.5) is 0 Å². The first-order valence-electron chi connectivity index (χ1n) is 15.0. The van der Waals surface area contributed by atoms with Crippen LogP contribution in [0.3, 0.4) is 0 Å². The van der Waals surface area contributed by atoms with Gasteiger partial charge in [-0.05, 0) is 75.9 Å². The molecule has 0 aromatic rings. The van der Waals surface area contributed by atoms with E-state index in [1.54, 1.807) is 0 Å². The van der Waals surface area contributed by atoms with Crippen LogP contribution in [0.25, 0.3) is 0 Å². The molecule has 2 rings (SSSR count). The summed E-state index contributed by atoms with van der Waals surface area (Å²) in [5.74, 6) is 0.382. The van der Waals surface area contributed by atoms with Crippen molar-refractivity contribution in [2.75, 3.05) is 0 Å². The zero-order chi connectivity index (χ0) is 30.6. The number of hydrogen-bond acceptors (Lipinski definition) is 1. The summed E-state index contributed by atoms with van der Waals surface area (Å²) in [5.41, 5.74) is 8.91. The molecule has 0 radical (unpaired) electrons. The summed E-state index contributed by atoms with van der Waals surface area (Å²) in [4.78, 5) is 0. The van der Waals surface area contributed by atoms with Crippen LogP contribution in [0.15, 0.2) is 143 Å². The van der Waals surface area contributed by atoms with E-state index < -0.39 is 0 Å². The fraction of sp³-hybridized carbons (Fsp3) is 0.400. The van der Waals surface area contributed by atoms with Gasteiger partial charge in [0.15, 0.2) is 0 Å². The average molecular weight is 551 g/mol. The van der Waals surface area contributed by atoms with Crippen molar-refractivity contribution in [1.29, 1.82) is 0 Å². The number of aliphatic hydroxyl groups is 1. The monoisotopic (exact) mass is 550 g/mol. The second kappa shape index (κ2) is 15.7. The Morgan fingerprint density at radius 1 is 0.805 bits per heavy atom. The van der Waals surface area contributed by atoms with Crippen LogP contribution in [-0.2, 0) is 0 Å². The summed E-state index contributed by atoms with van der Waals surface area (Å²) in [6, 6.07) is 0. The second-order valence-electron chi connectivity index (χ2n) is 13.2. The maximum Gasteiger partial charge on any atom is 0.0585 e. The molecule has 220 valence electrons. The molecule has 2 atom stereocenters. The summed E-state index contributed by atoms with van der Waals surface area (Å²) >= 11 is 0. The zero-order valence-corrected chi connectivity index (χ0v) is 27.2. The molecule has 0 spiro atoms. The highest BCUT2D eigenvalue weighted by Crippen LogP contribution is 2.41. The van der Waals surface area contributed by atoms with Gasteiger partial charge in [-0.15, -0.1) is 0 Å². The Labute approximate surface area is 251 Å². The van der Waals surface area contributed by atoms with Crippen molar-refractivity contribution < 1.29 is 5.11 Å². The fourth-order valence-electron chi connectivity index (χ4n) is 5.61. The van der Waals surface area contributed by atoms with Crippen molar-refractivity contribution in [1.82, 2.24) is 0 Å². The smallest absolute Gasteiger partial charge is 0.0585 e. The summed E-state index contributed by atoms with van der Waals surface area (Å²) in [6.07, 6.45) is 37.0. The minimum absolute atomic E-state index is 0.00983. The Morgan fingerprint density at radius 2 is 1.32 bits per heavy atom. The minimum Gasteiger partial charge on any atom is -0.393 e. The van der Waals surface area contributed by atoms with E-state index >= 15 is 0 Å². The van der Waals surface area contributed by atoms with Crippen molar-refractivity contribution in [3.05, 3.63) is 143 Å². The highest BCUT2D eigenvalue weighted by molar-refractivity contribution is 5.38. The van der Waals surface area contributed by atoms with Gasteiger partial charge in [0.1, 0.15) is 0 Å². The van der Waals surface area contributed by atoms with Gasteiger partial charge in [-0.2, -0.15) is 0 Å². The third kappa shape index (κ3) is 11.7. The van der Waals surface area contributed by atoms with Gasteiger partial charge in [-0.25, -0.2) is 0 Å². The third-order valence-corrected chi connectivity index (χ3v) is 8.02. The molecule has 0 fully saturated rings. The molecule has 0 bridgehead atoms. The lowest BCUT2D eigenvalue weighted by atomic mass is 9.69. The molecule has 1 heteroatoms. The largest absolute Gasteiger partial charge is 0.393 e. The van der Waals surface area contributed by atoms with Gasteiger partial charge in [0.25, 0.3) is 0 Å². The van der Waals surface area contributed by atoms with Crippen molar-refractivity contribution in [2.45, 2.75) is 87.7 Å². The van der Waals surface area contributed by atoms with Gasteiger partial charge < -0.3 is 5.11 Å². The molecule has 0 aromatic carbocycles. The molecule has 2 aliphatic carbocycles. The molecule has 1 nitrogen and oxygen atoms in total. The van der Waals surface area contributed by atoms with E-state index in [2.05, 4.69) is 166 Å². The predicted molar refractivity (Wildman–Crippen MR) is 183 cm³/mol. The number of hydrogen-bond donors (Lipinski definition) is 1. The molecule has 0 aliphatic heterocycles. The zero-order valence-electron chi connectivity index (χ0n) is 27.2. The molecule has 0 saturated heterocycles. The van der Waals surface area contributed by atoms with Crippen LogP contribution in [0.5, 0.6) is 0 Å². The molecule has 2 aliphatic rings. The minimum atomic E-state index is -0.223. The van der Waals surface area contributed by atoms with E-state index in [4.69, 9.17) is 0 Å². The summed E-state index contributed by atoms with van der Waals surface area (Å²) in [7, 11) is 0. The lowest BCUT2D eigenvalue weighted by molar-refractivity contribution is 0.116. The summed E-state index contributed by atoms with van der Waals surface area (Å²) < 4.78 is 0. The van der Waals surface area contributed by atoms with Crippen molar-refractivity contribution in [2.24, 2.45) is 16.7 Å². The third-order valence-electron chi connectivity index (χ3n) is 8.02. The highest BCUT2D eigenvalue weighted by atomic mass is 16.3. The Hall–Kier alpha value is -3.16. The van der Waals surface area contributed by atoms with E-state index in [0.29, 0.717) is 5.92 Å². The molecule has 0 aromatic heterocycles. The Balaban J connectivity index is 1.89. The SMILES string of the molecule is C=C1C=CCC(C)(C)[C@H]1/C=C/C(C)=C/C=C/C(C)=C/C=C/C=C(C)/C=C/C=C(C)/C=C/C1=C(C)CC(O)CC1(C)C. The first kappa shape index (κ1) is 34.0. The number of aliphatic hydroxyl groups excluding tert-OH is 1. The molecule has 41 heavy (non-hydrogen) atoms. The first-order chi connectivity index (χ1) is 19.2. The molecule has 0 amide bonds. The van der Waals surface area contributed by atoms with Crippen molar-refractivity contribution in [3.8, 4) is 0 Å². The summed E-state index contributed by atoms with van der Waals surface area (Å²) in [6.45, 7) is 24.0. The first-order valence-corrected chi connectivity index (χ1v) is 15.0. The van der Waals surface area contributed by atoms with Gasteiger partial charge in [-0.3, -0.25) is 0 Å². The van der Waals surface area contributed by atoms with Crippen molar-refractivity contribution >= 4 is 0 Å². The molecule has 1 unspecified atom stereocenters. The normalized spacial score (nSPS) is 24.9. The van der Waals surface area contributed by atoms with Gasteiger partial charge in [0.05, 0.1) is 6.10 Å². The lowest BCUT2D eigenvalue weighted by Crippen LogP contribution is -2.28. The van der Waals surface area contributed by atoms with Gasteiger partial charge in [0.2, 0.25) is 0 Å². The average Bonchev–Trinajstić information content (AvgIpc) is 2.84. The maximum absolute atomic E-state index is 10.1. The second-order valence-corrected chi connectivity index (χ2v) is 13.2. The van der Waals surface area contributed by atoms with Crippen LogP contribution in [0, 0.1) is 16.7 Å². The van der Waals surface area contributed by atoms with E-state index in [1.807, 2.05) is 0 Å². The summed E-state index contributed by atoms with van der Waals surface area (Å²) in [5, 5.41) is 10.1. The Kier molecular flexibility index (Phi) is 13.1. The number of rotatable bonds is 10. The van der Waals surface area contributed by atoms with Crippen LogP contribution < -0.4 is 0 Å². The molecule has 0 saturated carbocycles. The highest BCUT2D eigenvalue weighted by Gasteiger charge is 2.31. The van der Waals surface area contributed by atoms with Gasteiger partial charge in [-0.1, -0.05) is 159 Å². The van der Waals surface area contributed by atoms with Crippen LogP contribution >= 0.6 is 0 Å². The van der Waals surface area contributed by atoms with Crippen LogP contribution in [0.1, 0.15) is 81.6 Å². The fourth-order valence-corrected chi connectivity index (χ4v) is 5.61. The predicted octanol–water partition coefficient (Wildman–Crippen LogP) is 11.2. The van der Waals surface area contributed by atoms with E-state index in [-0.39, 0.29) is 16.9 Å². The standard InChI is InChI=1S/C40H54O/c1-30(18-13-20-32(3)23-25-37-34(5)22-15-27-39(37,7)8)16-11-12-17-31(2)19-14-21-33(4)24-26-38-35(6)28-36(41)29-40(38,9)10/h11-26,36-37,41H,5,27-29H2,1-4,6-10H3/b12-11+,18-13+,19-14+,25-23+,26-24+,30-16+,31-17+,32-20+,33-21+/t36?,37-/m0/s1. The molecular formula is C40H54O. The maximum atomic E-state index is 10.1. The van der Waals surface area contributed by atoms with Crippen LogP contribution in [-0.4, -0.2) is 11.2 Å². The Bertz CT molecular complexity index is 1270. The molecular weight excluding hydrogens is 496 g/mol. The van der Waals surface area contributed by atoms with E-state index in [0.717, 1.165) is 19.3 Å². The van der Waals surface area contributed by atoms with Gasteiger partial charge >= 0.3 is 0 Å². The van der Waals surface area contributed by atoms with Crippen molar-refractivity contribution in [3.63, 3.8) is 0 Å². The molecule has 0 heterocycles. The Morgan fingerprint density at radius 3 is 1.85 bits per heavy atom.